The largest absolute Gasteiger partial charge is 0.451 e. The van der Waals surface area contributed by atoms with E-state index in [0.717, 1.165) is 5.56 Å². The zero-order valence-corrected chi connectivity index (χ0v) is 14.4. The van der Waals surface area contributed by atoms with Crippen molar-refractivity contribution in [2.75, 3.05) is 25.5 Å². The van der Waals surface area contributed by atoms with Gasteiger partial charge in [-0.2, -0.15) is 0 Å². The molecule has 0 saturated heterocycles. The first-order valence-corrected chi connectivity index (χ1v) is 8.34. The summed E-state index contributed by atoms with van der Waals surface area (Å²) in [6, 6.07) is 9.78. The maximum Gasteiger partial charge on any atom is 0.358 e. The highest BCUT2D eigenvalue weighted by atomic mass is 32.1. The van der Waals surface area contributed by atoms with Crippen molar-refractivity contribution in [2.24, 2.45) is 0 Å². The second kappa shape index (κ2) is 9.38. The first kappa shape index (κ1) is 18.4. The predicted molar refractivity (Wildman–Crippen MR) is 93.2 cm³/mol. The van der Waals surface area contributed by atoms with Gasteiger partial charge in [-0.15, -0.1) is 11.3 Å². The summed E-state index contributed by atoms with van der Waals surface area (Å²) >= 11 is 1.27. The minimum atomic E-state index is -0.695. The van der Waals surface area contributed by atoms with Gasteiger partial charge in [0.2, 0.25) is 5.91 Å². The molecule has 25 heavy (non-hydrogen) atoms. The van der Waals surface area contributed by atoms with Crippen LogP contribution in [0, 0.1) is 0 Å². The van der Waals surface area contributed by atoms with Crippen molar-refractivity contribution in [2.45, 2.75) is 6.54 Å². The molecule has 2 aromatic rings. The Balaban J connectivity index is 1.76. The molecule has 0 aliphatic heterocycles. The molecule has 8 nitrogen and oxygen atoms in total. The monoisotopic (exact) mass is 362 g/mol. The second-order valence-corrected chi connectivity index (χ2v) is 5.76. The van der Waals surface area contributed by atoms with E-state index < -0.39 is 18.5 Å². The summed E-state index contributed by atoms with van der Waals surface area (Å²) in [7, 11) is 1.46. The molecule has 0 aliphatic rings. The van der Waals surface area contributed by atoms with Gasteiger partial charge in [0.1, 0.15) is 0 Å². The Labute approximate surface area is 148 Å². The van der Waals surface area contributed by atoms with E-state index in [4.69, 9.17) is 4.74 Å². The van der Waals surface area contributed by atoms with E-state index in [1.165, 1.54) is 18.4 Å². The van der Waals surface area contributed by atoms with Crippen LogP contribution < -0.4 is 16.0 Å². The first-order chi connectivity index (χ1) is 12.1. The standard InChI is InChI=1S/C16H18N4O4S/c1-17-13(21)8-18-14(22)9-24-15(23)12-10-25-16(20-12)19-7-11-5-3-2-4-6-11/h2-6,10H,7-9H2,1H3,(H,17,21)(H,18,22)(H,19,20). The predicted octanol–water partition coefficient (Wildman–Crippen LogP) is 0.774. The Morgan fingerprint density at radius 3 is 2.64 bits per heavy atom. The number of aromatic nitrogens is 1. The Morgan fingerprint density at radius 2 is 1.92 bits per heavy atom. The SMILES string of the molecule is CNC(=O)CNC(=O)COC(=O)c1csc(NCc2ccccc2)n1. The van der Waals surface area contributed by atoms with Crippen molar-refractivity contribution < 1.29 is 19.1 Å². The Kier molecular flexibility index (Phi) is 6.90. The Hall–Kier alpha value is -2.94. The van der Waals surface area contributed by atoms with Gasteiger partial charge in [-0.1, -0.05) is 30.3 Å². The summed E-state index contributed by atoms with van der Waals surface area (Å²) in [6.07, 6.45) is 0. The number of benzene rings is 1. The number of likely N-dealkylation sites (N-methyl/N-ethyl adjacent to an activating group) is 1. The third-order valence-electron chi connectivity index (χ3n) is 3.06. The van der Waals surface area contributed by atoms with Crippen molar-refractivity contribution >= 4 is 34.3 Å². The number of hydrogen-bond donors (Lipinski definition) is 3. The Bertz CT molecular complexity index is 733. The molecule has 0 unspecified atom stereocenters. The first-order valence-electron chi connectivity index (χ1n) is 7.46. The molecule has 3 N–H and O–H groups in total. The van der Waals surface area contributed by atoms with Crippen molar-refractivity contribution in [3.05, 3.63) is 47.0 Å². The molecule has 0 aliphatic carbocycles. The van der Waals surface area contributed by atoms with Gasteiger partial charge in [0, 0.05) is 19.0 Å². The average Bonchev–Trinajstić information content (AvgIpc) is 3.12. The lowest BCUT2D eigenvalue weighted by Crippen LogP contribution is -2.37. The number of ether oxygens (including phenoxy) is 1. The van der Waals surface area contributed by atoms with Gasteiger partial charge in [0.25, 0.3) is 5.91 Å². The lowest BCUT2D eigenvalue weighted by molar-refractivity contribution is -0.127. The number of anilines is 1. The third kappa shape index (κ3) is 6.22. The smallest absolute Gasteiger partial charge is 0.358 e. The molecule has 2 amide bonds. The normalized spacial score (nSPS) is 9.96. The van der Waals surface area contributed by atoms with Crippen LogP contribution in [0.3, 0.4) is 0 Å². The maximum atomic E-state index is 11.9. The number of rotatable bonds is 8. The summed E-state index contributed by atoms with van der Waals surface area (Å²) in [4.78, 5) is 38.5. The maximum absolute atomic E-state index is 11.9. The number of carbonyl (C=O) groups is 3. The fraction of sp³-hybridized carbons (Fsp3) is 0.250. The van der Waals surface area contributed by atoms with Crippen LogP contribution in [-0.4, -0.2) is 43.0 Å². The molecule has 0 spiro atoms. The number of nitrogens with one attached hydrogen (secondary N) is 3. The number of hydrogen-bond acceptors (Lipinski definition) is 7. The van der Waals surface area contributed by atoms with Crippen LogP contribution in [0.25, 0.3) is 0 Å². The number of carbonyl (C=O) groups excluding carboxylic acids is 3. The van der Waals surface area contributed by atoms with Crippen LogP contribution >= 0.6 is 11.3 Å². The number of amides is 2. The molecule has 0 bridgehead atoms. The van der Waals surface area contributed by atoms with Gasteiger partial charge in [0.05, 0.1) is 6.54 Å². The Morgan fingerprint density at radius 1 is 1.16 bits per heavy atom. The quantitative estimate of drug-likeness (QED) is 0.599. The molecule has 1 heterocycles. The van der Waals surface area contributed by atoms with Crippen LogP contribution in [0.15, 0.2) is 35.7 Å². The highest BCUT2D eigenvalue weighted by molar-refractivity contribution is 7.13. The van der Waals surface area contributed by atoms with E-state index in [1.54, 1.807) is 5.38 Å². The van der Waals surface area contributed by atoms with Crippen molar-refractivity contribution in [3.8, 4) is 0 Å². The van der Waals surface area contributed by atoms with Gasteiger partial charge in [-0.05, 0) is 5.56 Å². The molecule has 132 valence electrons. The second-order valence-electron chi connectivity index (χ2n) is 4.90. The van der Waals surface area contributed by atoms with Gasteiger partial charge >= 0.3 is 5.97 Å². The highest BCUT2D eigenvalue weighted by Gasteiger charge is 2.14. The summed E-state index contributed by atoms with van der Waals surface area (Å²) in [5, 5.41) is 9.94. The van der Waals surface area contributed by atoms with E-state index in [0.29, 0.717) is 11.7 Å². The van der Waals surface area contributed by atoms with Gasteiger partial charge in [0.15, 0.2) is 17.4 Å². The lowest BCUT2D eigenvalue weighted by atomic mass is 10.2. The summed E-state index contributed by atoms with van der Waals surface area (Å²) in [6.45, 7) is -0.0536. The number of esters is 1. The average molecular weight is 362 g/mol. The van der Waals surface area contributed by atoms with Gasteiger partial charge in [-0.3, -0.25) is 9.59 Å². The molecule has 2 rings (SSSR count). The van der Waals surface area contributed by atoms with E-state index in [2.05, 4.69) is 20.9 Å². The molecular formula is C16H18N4O4S. The zero-order chi connectivity index (χ0) is 18.1. The van der Waals surface area contributed by atoms with E-state index in [-0.39, 0.29) is 18.1 Å². The van der Waals surface area contributed by atoms with E-state index in [1.807, 2.05) is 30.3 Å². The highest BCUT2D eigenvalue weighted by Crippen LogP contribution is 2.17. The molecule has 0 saturated carbocycles. The molecule has 0 radical (unpaired) electrons. The molecule has 0 fully saturated rings. The summed E-state index contributed by atoms with van der Waals surface area (Å²) in [5.74, 6) is -1.60. The fourth-order valence-electron chi connectivity index (χ4n) is 1.75. The number of thiazole rings is 1. The molecular weight excluding hydrogens is 344 g/mol. The van der Waals surface area contributed by atoms with Crippen LogP contribution in [0.4, 0.5) is 5.13 Å². The van der Waals surface area contributed by atoms with Crippen molar-refractivity contribution in [3.63, 3.8) is 0 Å². The van der Waals surface area contributed by atoms with Crippen LogP contribution in [0.1, 0.15) is 16.1 Å². The minimum Gasteiger partial charge on any atom is -0.451 e. The summed E-state index contributed by atoms with van der Waals surface area (Å²) in [5.41, 5.74) is 1.22. The molecule has 1 aromatic carbocycles. The van der Waals surface area contributed by atoms with Gasteiger partial charge < -0.3 is 20.7 Å². The van der Waals surface area contributed by atoms with Crippen LogP contribution in [0.5, 0.6) is 0 Å². The van der Waals surface area contributed by atoms with Gasteiger partial charge in [-0.25, -0.2) is 9.78 Å². The van der Waals surface area contributed by atoms with E-state index >= 15 is 0 Å². The topological polar surface area (TPSA) is 109 Å². The third-order valence-corrected chi connectivity index (χ3v) is 3.86. The number of nitrogens with zero attached hydrogens (tertiary/aromatic N) is 1. The van der Waals surface area contributed by atoms with Crippen molar-refractivity contribution in [1.29, 1.82) is 0 Å². The van der Waals surface area contributed by atoms with Crippen LogP contribution in [0.2, 0.25) is 0 Å². The molecule has 9 heteroatoms. The lowest BCUT2D eigenvalue weighted by Gasteiger charge is -2.05. The molecule has 0 atom stereocenters. The van der Waals surface area contributed by atoms with E-state index in [9.17, 15) is 14.4 Å². The zero-order valence-electron chi connectivity index (χ0n) is 13.6. The minimum absolute atomic E-state index is 0.125. The summed E-state index contributed by atoms with van der Waals surface area (Å²) < 4.78 is 4.87. The van der Waals surface area contributed by atoms with Crippen molar-refractivity contribution in [1.82, 2.24) is 15.6 Å². The molecule has 1 aromatic heterocycles. The van der Waals surface area contributed by atoms with Crippen LogP contribution in [-0.2, 0) is 20.9 Å². The fourth-order valence-corrected chi connectivity index (χ4v) is 2.42.